The second-order valence-corrected chi connectivity index (χ2v) is 5.48. The zero-order valence-electron chi connectivity index (χ0n) is 11.2. The van der Waals surface area contributed by atoms with E-state index in [9.17, 15) is 4.79 Å². The molecule has 19 heavy (non-hydrogen) atoms. The number of benzene rings is 1. The summed E-state index contributed by atoms with van der Waals surface area (Å²) < 4.78 is 0. The molecule has 0 aromatic heterocycles. The quantitative estimate of drug-likeness (QED) is 0.805. The summed E-state index contributed by atoms with van der Waals surface area (Å²) in [5.41, 5.74) is 2.27. The van der Waals surface area contributed by atoms with E-state index in [4.69, 9.17) is 17.5 Å². The second-order valence-electron chi connectivity index (χ2n) is 5.08. The van der Waals surface area contributed by atoms with E-state index in [1.54, 1.807) is 4.90 Å². The van der Waals surface area contributed by atoms with E-state index in [0.29, 0.717) is 12.5 Å². The minimum Gasteiger partial charge on any atom is -0.357 e. The van der Waals surface area contributed by atoms with Crippen LogP contribution in [-0.2, 0) is 4.84 Å². The Bertz CT molecular complexity index is 479. The number of nitrogens with two attached hydrogens (primary N) is 1. The van der Waals surface area contributed by atoms with Gasteiger partial charge in [0, 0.05) is 23.5 Å². The van der Waals surface area contributed by atoms with Crippen LogP contribution in [0.4, 0.5) is 4.79 Å². The molecule has 4 nitrogen and oxygen atoms in total. The summed E-state index contributed by atoms with van der Waals surface area (Å²) in [6.07, 6.45) is 1.55. The molecule has 0 aliphatic carbocycles. The smallest absolute Gasteiger partial charge is 0.357 e. The highest BCUT2D eigenvalue weighted by Gasteiger charge is 2.32. The fourth-order valence-corrected chi connectivity index (χ4v) is 2.93. The van der Waals surface area contributed by atoms with E-state index in [2.05, 4.69) is 10.9 Å². The van der Waals surface area contributed by atoms with Gasteiger partial charge >= 0.3 is 6.09 Å². The number of amides is 1. The molecule has 1 aromatic carbocycles. The van der Waals surface area contributed by atoms with Crippen LogP contribution in [0.25, 0.3) is 0 Å². The molecule has 0 bridgehead atoms. The zero-order chi connectivity index (χ0) is 14.0. The first kappa shape index (κ1) is 14.2. The lowest BCUT2D eigenvalue weighted by Gasteiger charge is -2.38. The van der Waals surface area contributed by atoms with Crippen molar-refractivity contribution in [1.82, 2.24) is 4.90 Å². The number of rotatable bonds is 1. The number of aryl methyl sites for hydroxylation is 1. The summed E-state index contributed by atoms with van der Waals surface area (Å²) in [5, 5.41) is 0.769. The van der Waals surface area contributed by atoms with Gasteiger partial charge in [-0.05, 0) is 43.9 Å². The number of carbonyl (C=O) groups excluding carboxylic acids is 1. The molecule has 1 fully saturated rings. The second kappa shape index (κ2) is 5.80. The molecular formula is C14H19ClN2O2. The first-order chi connectivity index (χ1) is 9.04. The van der Waals surface area contributed by atoms with Crippen molar-refractivity contribution in [1.29, 1.82) is 0 Å². The van der Waals surface area contributed by atoms with E-state index in [0.717, 1.165) is 23.4 Å². The molecule has 1 saturated heterocycles. The van der Waals surface area contributed by atoms with Crippen LogP contribution in [-0.4, -0.2) is 23.6 Å². The Kier molecular flexibility index (Phi) is 4.32. The van der Waals surface area contributed by atoms with Crippen LogP contribution in [0.15, 0.2) is 18.2 Å². The number of hydrogen-bond acceptors (Lipinski definition) is 3. The molecule has 1 aliphatic heterocycles. The predicted molar refractivity (Wildman–Crippen MR) is 75.0 cm³/mol. The van der Waals surface area contributed by atoms with Crippen molar-refractivity contribution < 1.29 is 9.63 Å². The molecule has 2 atom stereocenters. The number of carbonyl (C=O) groups is 1. The van der Waals surface area contributed by atoms with Crippen molar-refractivity contribution >= 4 is 17.7 Å². The molecule has 1 heterocycles. The first-order valence-corrected chi connectivity index (χ1v) is 6.85. The normalized spacial score (nSPS) is 23.3. The standard InChI is InChI=1S/C14H19ClN2O2/c1-9-8-11(5-6-13(9)15)12-4-3-7-17(10(12)2)14(18)19-16/h5-6,8,10,12H,3-4,7,16H2,1-2H3. The molecule has 1 amide bonds. The van der Waals surface area contributed by atoms with Crippen molar-refractivity contribution in [2.75, 3.05) is 6.54 Å². The molecular weight excluding hydrogens is 264 g/mol. The van der Waals surface area contributed by atoms with Gasteiger partial charge in [-0.25, -0.2) is 4.79 Å². The molecule has 0 spiro atoms. The lowest BCUT2D eigenvalue weighted by molar-refractivity contribution is 0.0709. The van der Waals surface area contributed by atoms with Gasteiger partial charge in [0.15, 0.2) is 0 Å². The van der Waals surface area contributed by atoms with Crippen molar-refractivity contribution in [3.05, 3.63) is 34.3 Å². The van der Waals surface area contributed by atoms with Gasteiger partial charge in [0.2, 0.25) is 0 Å². The van der Waals surface area contributed by atoms with Crippen molar-refractivity contribution in [2.24, 2.45) is 5.90 Å². The Hall–Kier alpha value is -1.26. The number of halogens is 1. The van der Waals surface area contributed by atoms with Crippen LogP contribution in [0.3, 0.4) is 0 Å². The molecule has 2 unspecified atom stereocenters. The minimum absolute atomic E-state index is 0.0744. The number of nitrogens with zero attached hydrogens (tertiary/aromatic N) is 1. The van der Waals surface area contributed by atoms with Crippen LogP contribution >= 0.6 is 11.6 Å². The first-order valence-electron chi connectivity index (χ1n) is 6.48. The summed E-state index contributed by atoms with van der Waals surface area (Å²) in [4.78, 5) is 17.7. The SMILES string of the molecule is Cc1cc(C2CCCN(C(=O)ON)C2C)ccc1Cl. The monoisotopic (exact) mass is 282 g/mol. The van der Waals surface area contributed by atoms with Crippen LogP contribution < -0.4 is 5.90 Å². The number of hydrogen-bond donors (Lipinski definition) is 1. The largest absolute Gasteiger partial charge is 0.428 e. The van der Waals surface area contributed by atoms with E-state index in [1.165, 1.54) is 5.56 Å². The molecule has 0 radical (unpaired) electrons. The van der Waals surface area contributed by atoms with E-state index in [1.807, 2.05) is 26.0 Å². The van der Waals surface area contributed by atoms with E-state index < -0.39 is 6.09 Å². The fourth-order valence-electron chi connectivity index (χ4n) is 2.81. The molecule has 2 rings (SSSR count). The summed E-state index contributed by atoms with van der Waals surface area (Å²) in [6, 6.07) is 6.12. The third-order valence-corrected chi connectivity index (χ3v) is 4.36. The Morgan fingerprint density at radius 1 is 1.53 bits per heavy atom. The van der Waals surface area contributed by atoms with Crippen molar-refractivity contribution in [3.63, 3.8) is 0 Å². The van der Waals surface area contributed by atoms with Crippen LogP contribution in [0, 0.1) is 6.92 Å². The average Bonchev–Trinajstić information content (AvgIpc) is 2.41. The predicted octanol–water partition coefficient (Wildman–Crippen LogP) is 3.23. The summed E-state index contributed by atoms with van der Waals surface area (Å²) in [7, 11) is 0. The fraction of sp³-hybridized carbons (Fsp3) is 0.500. The van der Waals surface area contributed by atoms with Gasteiger partial charge in [0.25, 0.3) is 0 Å². The maximum Gasteiger partial charge on any atom is 0.428 e. The molecule has 104 valence electrons. The molecule has 1 aliphatic rings. The van der Waals surface area contributed by atoms with Gasteiger partial charge < -0.3 is 9.74 Å². The van der Waals surface area contributed by atoms with E-state index in [-0.39, 0.29) is 6.04 Å². The summed E-state index contributed by atoms with van der Waals surface area (Å²) >= 11 is 6.06. The molecule has 0 saturated carbocycles. The van der Waals surface area contributed by atoms with Gasteiger partial charge in [-0.3, -0.25) is 0 Å². The zero-order valence-corrected chi connectivity index (χ0v) is 12.0. The third kappa shape index (κ3) is 2.85. The van der Waals surface area contributed by atoms with Gasteiger partial charge in [0.1, 0.15) is 0 Å². The highest BCUT2D eigenvalue weighted by molar-refractivity contribution is 6.31. The van der Waals surface area contributed by atoms with Crippen LogP contribution in [0.2, 0.25) is 5.02 Å². The maximum absolute atomic E-state index is 11.6. The highest BCUT2D eigenvalue weighted by Crippen LogP contribution is 2.34. The molecule has 2 N–H and O–H groups in total. The van der Waals surface area contributed by atoms with Crippen LogP contribution in [0.1, 0.15) is 36.8 Å². The lowest BCUT2D eigenvalue weighted by atomic mass is 9.84. The van der Waals surface area contributed by atoms with Gasteiger partial charge in [-0.1, -0.05) is 23.7 Å². The highest BCUT2D eigenvalue weighted by atomic mass is 35.5. The summed E-state index contributed by atoms with van der Waals surface area (Å²) in [5.74, 6) is 5.28. The number of likely N-dealkylation sites (tertiary alicyclic amines) is 1. The van der Waals surface area contributed by atoms with Crippen molar-refractivity contribution in [2.45, 2.75) is 38.6 Å². The summed E-state index contributed by atoms with van der Waals surface area (Å²) in [6.45, 7) is 4.72. The molecule has 1 aromatic rings. The van der Waals surface area contributed by atoms with Crippen molar-refractivity contribution in [3.8, 4) is 0 Å². The average molecular weight is 283 g/mol. The Morgan fingerprint density at radius 2 is 2.26 bits per heavy atom. The minimum atomic E-state index is -0.456. The lowest BCUT2D eigenvalue weighted by Crippen LogP contribution is -2.46. The Balaban J connectivity index is 2.23. The molecule has 5 heteroatoms. The number of piperidine rings is 1. The van der Waals surface area contributed by atoms with Gasteiger partial charge in [0.05, 0.1) is 0 Å². The topological polar surface area (TPSA) is 55.6 Å². The Morgan fingerprint density at radius 3 is 2.89 bits per heavy atom. The maximum atomic E-state index is 11.6. The van der Waals surface area contributed by atoms with Gasteiger partial charge in [-0.15, -0.1) is 0 Å². The van der Waals surface area contributed by atoms with E-state index >= 15 is 0 Å². The van der Waals surface area contributed by atoms with Gasteiger partial charge in [-0.2, -0.15) is 5.90 Å². The Labute approximate surface area is 118 Å². The van der Waals surface area contributed by atoms with Crippen LogP contribution in [0.5, 0.6) is 0 Å². The third-order valence-electron chi connectivity index (χ3n) is 3.93.